The van der Waals surface area contributed by atoms with Gasteiger partial charge in [-0.3, -0.25) is 4.98 Å². The van der Waals surface area contributed by atoms with Crippen LogP contribution in [0, 0.1) is 0 Å². The molecular formula is C13H20ClN3O2S. The minimum atomic E-state index is -3.58. The Bertz CT molecular complexity index is 544. The number of rotatable bonds is 6. The van der Waals surface area contributed by atoms with Gasteiger partial charge in [-0.1, -0.05) is 24.4 Å². The number of halogens is 1. The number of sulfonamides is 1. The summed E-state index contributed by atoms with van der Waals surface area (Å²) in [5, 5.41) is 0.191. The first kappa shape index (κ1) is 15.7. The van der Waals surface area contributed by atoms with Crippen LogP contribution in [0.5, 0.6) is 0 Å². The van der Waals surface area contributed by atoms with Crippen molar-refractivity contribution < 1.29 is 8.42 Å². The van der Waals surface area contributed by atoms with Gasteiger partial charge in [0.2, 0.25) is 10.0 Å². The third-order valence-corrected chi connectivity index (χ3v) is 5.66. The molecule has 0 aromatic carbocycles. The molecule has 1 aromatic heterocycles. The molecule has 0 aliphatic heterocycles. The molecule has 1 saturated carbocycles. The Morgan fingerprint density at radius 3 is 2.80 bits per heavy atom. The Morgan fingerprint density at radius 1 is 1.45 bits per heavy atom. The van der Waals surface area contributed by atoms with E-state index in [1.807, 2.05) is 7.05 Å². The highest BCUT2D eigenvalue weighted by atomic mass is 35.5. The molecule has 112 valence electrons. The van der Waals surface area contributed by atoms with Gasteiger partial charge >= 0.3 is 0 Å². The SMILES string of the molecule is CN(CCNS(=O)(=O)c1cnccc1Cl)C1CCCC1. The molecule has 0 amide bonds. The molecule has 1 aliphatic carbocycles. The Morgan fingerprint density at radius 2 is 2.15 bits per heavy atom. The Kier molecular flexibility index (Phi) is 5.37. The molecule has 1 aromatic rings. The molecule has 0 unspecified atom stereocenters. The van der Waals surface area contributed by atoms with Crippen molar-refractivity contribution in [1.29, 1.82) is 0 Å². The second-order valence-corrected chi connectivity index (χ2v) is 7.27. The Labute approximate surface area is 125 Å². The summed E-state index contributed by atoms with van der Waals surface area (Å²) >= 11 is 5.88. The van der Waals surface area contributed by atoms with Crippen LogP contribution in [0.25, 0.3) is 0 Å². The molecule has 0 spiro atoms. The largest absolute Gasteiger partial charge is 0.302 e. The highest BCUT2D eigenvalue weighted by molar-refractivity contribution is 7.89. The van der Waals surface area contributed by atoms with Crippen molar-refractivity contribution >= 4 is 21.6 Å². The highest BCUT2D eigenvalue weighted by Crippen LogP contribution is 2.22. The number of hydrogen-bond acceptors (Lipinski definition) is 4. The molecule has 5 nitrogen and oxygen atoms in total. The maximum Gasteiger partial charge on any atom is 0.243 e. The van der Waals surface area contributed by atoms with Crippen molar-refractivity contribution in [3.63, 3.8) is 0 Å². The van der Waals surface area contributed by atoms with Crippen molar-refractivity contribution in [3.05, 3.63) is 23.5 Å². The molecule has 0 bridgehead atoms. The smallest absolute Gasteiger partial charge is 0.243 e. The standard InChI is InChI=1S/C13H20ClN3O2S/c1-17(11-4-2-3-5-11)9-8-16-20(18,19)13-10-15-7-6-12(13)14/h6-7,10-11,16H,2-5,8-9H2,1H3. The van der Waals surface area contributed by atoms with E-state index in [4.69, 9.17) is 11.6 Å². The number of aromatic nitrogens is 1. The van der Waals surface area contributed by atoms with Crippen molar-refractivity contribution in [2.75, 3.05) is 20.1 Å². The van der Waals surface area contributed by atoms with Crippen LogP contribution in [0.4, 0.5) is 0 Å². The molecule has 1 heterocycles. The van der Waals surface area contributed by atoms with Gasteiger partial charge in [-0.05, 0) is 26.0 Å². The van der Waals surface area contributed by atoms with Gasteiger partial charge < -0.3 is 4.90 Å². The van der Waals surface area contributed by atoms with Gasteiger partial charge in [0.15, 0.2) is 0 Å². The van der Waals surface area contributed by atoms with E-state index in [9.17, 15) is 8.42 Å². The fourth-order valence-electron chi connectivity index (χ4n) is 2.52. The normalized spacial score (nSPS) is 16.9. The minimum absolute atomic E-state index is 0.0326. The fraction of sp³-hybridized carbons (Fsp3) is 0.615. The van der Waals surface area contributed by atoms with Crippen LogP contribution in [0.3, 0.4) is 0 Å². The first-order valence-electron chi connectivity index (χ1n) is 6.80. The molecular weight excluding hydrogens is 298 g/mol. The van der Waals surface area contributed by atoms with Gasteiger partial charge in [0, 0.05) is 31.5 Å². The van der Waals surface area contributed by atoms with Gasteiger partial charge in [-0.15, -0.1) is 0 Å². The van der Waals surface area contributed by atoms with Crippen LogP contribution < -0.4 is 4.72 Å². The van der Waals surface area contributed by atoms with Gasteiger partial charge in [0.05, 0.1) is 5.02 Å². The number of nitrogens with zero attached hydrogens (tertiary/aromatic N) is 2. The third kappa shape index (κ3) is 3.91. The predicted octanol–water partition coefficient (Wildman–Crippen LogP) is 1.89. The quantitative estimate of drug-likeness (QED) is 0.870. The summed E-state index contributed by atoms with van der Waals surface area (Å²) in [6, 6.07) is 2.06. The molecule has 1 aliphatic rings. The van der Waals surface area contributed by atoms with Gasteiger partial charge in [0.1, 0.15) is 4.90 Å². The molecule has 1 fully saturated rings. The lowest BCUT2D eigenvalue weighted by Gasteiger charge is -2.23. The summed E-state index contributed by atoms with van der Waals surface area (Å²) in [5.41, 5.74) is 0. The van der Waals surface area contributed by atoms with Gasteiger partial charge in [-0.2, -0.15) is 0 Å². The van der Waals surface area contributed by atoms with Crippen LogP contribution in [0.1, 0.15) is 25.7 Å². The van der Waals surface area contributed by atoms with E-state index in [2.05, 4.69) is 14.6 Å². The van der Waals surface area contributed by atoms with E-state index < -0.39 is 10.0 Å². The Balaban J connectivity index is 1.88. The molecule has 7 heteroatoms. The third-order valence-electron chi connectivity index (χ3n) is 3.73. The fourth-order valence-corrected chi connectivity index (χ4v) is 3.97. The maximum atomic E-state index is 12.1. The van der Waals surface area contributed by atoms with Crippen molar-refractivity contribution in [2.24, 2.45) is 0 Å². The van der Waals surface area contributed by atoms with E-state index in [0.717, 1.165) is 0 Å². The second-order valence-electron chi connectivity index (χ2n) is 5.12. The topological polar surface area (TPSA) is 62.3 Å². The van der Waals surface area contributed by atoms with Crippen LogP contribution in [-0.4, -0.2) is 44.5 Å². The molecule has 1 N–H and O–H groups in total. The zero-order valence-corrected chi connectivity index (χ0v) is 13.1. The predicted molar refractivity (Wildman–Crippen MR) is 79.3 cm³/mol. The molecule has 2 rings (SSSR count). The van der Waals surface area contributed by atoms with Gasteiger partial charge in [-0.25, -0.2) is 13.1 Å². The summed E-state index contributed by atoms with van der Waals surface area (Å²) in [6.45, 7) is 1.07. The van der Waals surface area contributed by atoms with Crippen LogP contribution in [0.2, 0.25) is 5.02 Å². The van der Waals surface area contributed by atoms with E-state index in [1.54, 1.807) is 0 Å². The monoisotopic (exact) mass is 317 g/mol. The lowest BCUT2D eigenvalue weighted by Crippen LogP contribution is -2.37. The zero-order chi connectivity index (χ0) is 14.6. The highest BCUT2D eigenvalue weighted by Gasteiger charge is 2.21. The van der Waals surface area contributed by atoms with E-state index in [-0.39, 0.29) is 9.92 Å². The second kappa shape index (κ2) is 6.85. The number of likely N-dealkylation sites (N-methyl/N-ethyl adjacent to an activating group) is 1. The summed E-state index contributed by atoms with van der Waals surface area (Å²) in [6.07, 6.45) is 7.69. The van der Waals surface area contributed by atoms with Crippen molar-refractivity contribution in [1.82, 2.24) is 14.6 Å². The first-order chi connectivity index (χ1) is 9.50. The molecule has 0 atom stereocenters. The van der Waals surface area contributed by atoms with Crippen LogP contribution in [-0.2, 0) is 10.0 Å². The van der Waals surface area contributed by atoms with E-state index in [0.29, 0.717) is 19.1 Å². The molecule has 0 radical (unpaired) electrons. The van der Waals surface area contributed by atoms with Crippen molar-refractivity contribution in [2.45, 2.75) is 36.6 Å². The lowest BCUT2D eigenvalue weighted by atomic mass is 10.2. The summed E-state index contributed by atoms with van der Waals surface area (Å²) in [7, 11) is -1.54. The zero-order valence-electron chi connectivity index (χ0n) is 11.5. The van der Waals surface area contributed by atoms with Gasteiger partial charge in [0.25, 0.3) is 0 Å². The van der Waals surface area contributed by atoms with Crippen molar-refractivity contribution in [3.8, 4) is 0 Å². The van der Waals surface area contributed by atoms with Crippen LogP contribution in [0.15, 0.2) is 23.4 Å². The van der Waals surface area contributed by atoms with Crippen LogP contribution >= 0.6 is 11.6 Å². The summed E-state index contributed by atoms with van der Waals surface area (Å²) < 4.78 is 26.8. The molecule has 20 heavy (non-hydrogen) atoms. The van der Waals surface area contributed by atoms with E-state index in [1.165, 1.54) is 44.1 Å². The van der Waals surface area contributed by atoms with E-state index >= 15 is 0 Å². The first-order valence-corrected chi connectivity index (χ1v) is 8.66. The average Bonchev–Trinajstić information content (AvgIpc) is 2.92. The average molecular weight is 318 g/mol. The minimum Gasteiger partial charge on any atom is -0.302 e. The number of nitrogens with one attached hydrogen (secondary N) is 1. The number of hydrogen-bond donors (Lipinski definition) is 1. The molecule has 0 saturated heterocycles. The summed E-state index contributed by atoms with van der Waals surface area (Å²) in [4.78, 5) is 6.06. The Hall–Kier alpha value is -0.690. The lowest BCUT2D eigenvalue weighted by molar-refractivity contribution is 0.250. The number of pyridine rings is 1. The summed E-state index contributed by atoms with van der Waals surface area (Å²) in [5.74, 6) is 0. The maximum absolute atomic E-state index is 12.1.